The normalized spacial score (nSPS) is 19.9. The van der Waals surface area contributed by atoms with E-state index in [4.69, 9.17) is 31.0 Å². The Bertz CT molecular complexity index is 1580. The first kappa shape index (κ1) is 33.2. The molecule has 0 amide bonds. The molecule has 0 aliphatic carbocycles. The summed E-state index contributed by atoms with van der Waals surface area (Å²) in [6.45, 7) is 7.22. The summed E-state index contributed by atoms with van der Waals surface area (Å²) in [7, 11) is 1.39. The number of methoxy groups -OCH3 is 1. The number of esters is 1. The molecule has 2 fully saturated rings. The summed E-state index contributed by atoms with van der Waals surface area (Å²) < 4.78 is 16.7. The van der Waals surface area contributed by atoms with Gasteiger partial charge in [-0.05, 0) is 49.7 Å². The third kappa shape index (κ3) is 8.07. The van der Waals surface area contributed by atoms with Crippen molar-refractivity contribution in [3.63, 3.8) is 0 Å². The van der Waals surface area contributed by atoms with Crippen LogP contribution in [-0.4, -0.2) is 99.1 Å². The molecule has 3 aromatic rings. The van der Waals surface area contributed by atoms with Gasteiger partial charge in [0, 0.05) is 68.1 Å². The molecule has 3 aliphatic rings. The number of halogens is 1. The monoisotopic (exact) mass is 661 g/mol. The maximum atomic E-state index is 11.3. The maximum Gasteiger partial charge on any atom is 0.318 e. The Morgan fingerprint density at radius 3 is 2.85 bits per heavy atom. The molecule has 0 radical (unpaired) electrons. The number of likely N-dealkylation sites (tertiary alicyclic amines) is 1. The van der Waals surface area contributed by atoms with E-state index in [1.54, 1.807) is 0 Å². The highest BCUT2D eigenvalue weighted by atomic mass is 35.5. The molecule has 0 unspecified atom stereocenters. The molecule has 2 saturated heterocycles. The molecule has 0 spiro atoms. The molecule has 1 aromatic heterocycles. The molecule has 1 N–H and O–H groups in total. The number of fused-ring (bicyclic) bond motifs is 2. The van der Waals surface area contributed by atoms with Crippen molar-refractivity contribution in [2.45, 2.75) is 57.2 Å². The minimum absolute atomic E-state index is 0.0955. The minimum atomic E-state index is -0.251. The lowest BCUT2D eigenvalue weighted by molar-refractivity contribution is -0.141. The minimum Gasteiger partial charge on any atom is -0.469 e. The Hall–Kier alpha value is -3.69. The van der Waals surface area contributed by atoms with Gasteiger partial charge in [0.25, 0.3) is 0 Å². The molecule has 4 heterocycles. The number of nitrogens with zero attached hydrogens (tertiary/aromatic N) is 6. The van der Waals surface area contributed by atoms with Gasteiger partial charge in [0.2, 0.25) is 0 Å². The van der Waals surface area contributed by atoms with E-state index in [2.05, 4.69) is 55.1 Å². The fourth-order valence-electron chi connectivity index (χ4n) is 7.00. The number of benzene rings is 2. The molecule has 3 aliphatic heterocycles. The molecule has 11 nitrogen and oxygen atoms in total. The van der Waals surface area contributed by atoms with Gasteiger partial charge >= 0.3 is 12.0 Å². The number of nitrogens with one attached hydrogen (secondary N) is 1. The Balaban J connectivity index is 1.18. The van der Waals surface area contributed by atoms with E-state index >= 15 is 0 Å². The lowest BCUT2D eigenvalue weighted by Gasteiger charge is -2.37. The third-order valence-electron chi connectivity index (χ3n) is 9.40. The zero-order valence-corrected chi connectivity index (χ0v) is 27.9. The second kappa shape index (κ2) is 15.9. The number of piperazine rings is 1. The van der Waals surface area contributed by atoms with Gasteiger partial charge in [-0.1, -0.05) is 35.9 Å². The first-order valence-corrected chi connectivity index (χ1v) is 17.1. The smallest absolute Gasteiger partial charge is 0.318 e. The van der Waals surface area contributed by atoms with E-state index < -0.39 is 0 Å². The summed E-state index contributed by atoms with van der Waals surface area (Å²) in [6, 6.07) is 15.5. The van der Waals surface area contributed by atoms with Gasteiger partial charge in [0.05, 0.1) is 49.9 Å². The van der Waals surface area contributed by atoms with Crippen LogP contribution in [-0.2, 0) is 27.2 Å². The van der Waals surface area contributed by atoms with E-state index in [1.807, 2.05) is 12.1 Å². The molecular formula is C35H44ClN7O4. The number of rotatable bonds is 13. The summed E-state index contributed by atoms with van der Waals surface area (Å²) in [6.07, 6.45) is 4.60. The van der Waals surface area contributed by atoms with Crippen molar-refractivity contribution >= 4 is 39.8 Å². The molecule has 47 heavy (non-hydrogen) atoms. The van der Waals surface area contributed by atoms with Crippen LogP contribution in [0.1, 0.15) is 43.4 Å². The SMILES string of the molecule is COC(=O)CCOCCCN1CCC[C@H]1COc1nc2c(c(N3CCN[C@@H](CC#N)C3)n1)CCN(c1cccc3cccc(Cl)c13)C2. The predicted octanol–water partition coefficient (Wildman–Crippen LogP) is 4.35. The van der Waals surface area contributed by atoms with Crippen molar-refractivity contribution in [3.8, 4) is 12.1 Å². The van der Waals surface area contributed by atoms with Gasteiger partial charge in [0.1, 0.15) is 12.4 Å². The number of ether oxygens (including phenoxy) is 3. The average Bonchev–Trinajstić information content (AvgIpc) is 3.55. The van der Waals surface area contributed by atoms with Crippen molar-refractivity contribution in [1.82, 2.24) is 20.2 Å². The van der Waals surface area contributed by atoms with E-state index in [0.29, 0.717) is 38.8 Å². The fourth-order valence-corrected chi connectivity index (χ4v) is 7.28. The Kier molecular flexibility index (Phi) is 11.3. The maximum absolute atomic E-state index is 11.3. The Morgan fingerprint density at radius 1 is 1.13 bits per heavy atom. The Labute approximate surface area is 281 Å². The summed E-state index contributed by atoms with van der Waals surface area (Å²) in [5, 5.41) is 15.8. The fraction of sp³-hybridized carbons (Fsp3) is 0.543. The Morgan fingerprint density at radius 2 is 2.00 bits per heavy atom. The molecule has 0 bridgehead atoms. The lowest BCUT2D eigenvalue weighted by Crippen LogP contribution is -2.51. The standard InChI is InChI=1S/C35H44ClN7O4/c1-45-32(44)13-21-46-20-5-17-41-16-4-8-27(41)24-47-35-39-30-23-42(31-10-3-7-25-6-2-9-29(36)33(25)31)18-12-28(30)34(40-35)43-19-15-38-26(22-43)11-14-37/h2-3,6-7,9-10,26-27,38H,4-5,8,11-13,15-24H2,1H3/t26-,27-/m0/s1. The molecular weight excluding hydrogens is 618 g/mol. The van der Waals surface area contributed by atoms with E-state index in [1.165, 1.54) is 7.11 Å². The number of aromatic nitrogens is 2. The topological polar surface area (TPSA) is 116 Å². The van der Waals surface area contributed by atoms with Gasteiger partial charge < -0.3 is 29.3 Å². The van der Waals surface area contributed by atoms with Gasteiger partial charge in [-0.3, -0.25) is 9.69 Å². The van der Waals surface area contributed by atoms with Gasteiger partial charge in [-0.15, -0.1) is 0 Å². The second-order valence-electron chi connectivity index (χ2n) is 12.4. The summed E-state index contributed by atoms with van der Waals surface area (Å²) in [4.78, 5) is 28.5. The van der Waals surface area contributed by atoms with Crippen LogP contribution in [0, 0.1) is 11.3 Å². The average molecular weight is 662 g/mol. The van der Waals surface area contributed by atoms with Gasteiger partial charge in [-0.25, -0.2) is 0 Å². The highest BCUT2D eigenvalue weighted by molar-refractivity contribution is 6.36. The highest BCUT2D eigenvalue weighted by Crippen LogP contribution is 2.37. The molecule has 12 heteroatoms. The van der Waals surface area contributed by atoms with Crippen molar-refractivity contribution in [2.24, 2.45) is 0 Å². The molecule has 0 saturated carbocycles. The van der Waals surface area contributed by atoms with Crippen molar-refractivity contribution in [3.05, 3.63) is 52.7 Å². The van der Waals surface area contributed by atoms with Crippen LogP contribution in [0.4, 0.5) is 11.5 Å². The van der Waals surface area contributed by atoms with Gasteiger partial charge in [-0.2, -0.15) is 15.2 Å². The van der Waals surface area contributed by atoms with E-state index in [0.717, 1.165) is 104 Å². The summed E-state index contributed by atoms with van der Waals surface area (Å²) in [5.74, 6) is 0.677. The van der Waals surface area contributed by atoms with Crippen LogP contribution in [0.15, 0.2) is 36.4 Å². The molecule has 6 rings (SSSR count). The third-order valence-corrected chi connectivity index (χ3v) is 9.72. The van der Waals surface area contributed by atoms with Crippen LogP contribution in [0.2, 0.25) is 5.02 Å². The van der Waals surface area contributed by atoms with Gasteiger partial charge in [0.15, 0.2) is 0 Å². The quantitative estimate of drug-likeness (QED) is 0.208. The molecule has 2 aromatic carbocycles. The predicted molar refractivity (Wildman–Crippen MR) is 182 cm³/mol. The van der Waals surface area contributed by atoms with Crippen LogP contribution >= 0.6 is 11.6 Å². The summed E-state index contributed by atoms with van der Waals surface area (Å²) >= 11 is 6.72. The zero-order chi connectivity index (χ0) is 32.6. The molecule has 250 valence electrons. The lowest BCUT2D eigenvalue weighted by atomic mass is 10.0. The molecule has 2 atom stereocenters. The number of carbonyl (C=O) groups excluding carboxylic acids is 1. The number of carbonyl (C=O) groups is 1. The highest BCUT2D eigenvalue weighted by Gasteiger charge is 2.30. The number of anilines is 2. The van der Waals surface area contributed by atoms with Crippen LogP contribution in [0.25, 0.3) is 10.8 Å². The van der Waals surface area contributed by atoms with Crippen LogP contribution in [0.5, 0.6) is 6.01 Å². The number of hydrogen-bond donors (Lipinski definition) is 1. The largest absolute Gasteiger partial charge is 0.469 e. The van der Waals surface area contributed by atoms with Crippen LogP contribution in [0.3, 0.4) is 0 Å². The first-order valence-electron chi connectivity index (χ1n) is 16.7. The van der Waals surface area contributed by atoms with Crippen molar-refractivity contribution < 1.29 is 19.0 Å². The summed E-state index contributed by atoms with van der Waals surface area (Å²) in [5.41, 5.74) is 3.24. The van der Waals surface area contributed by atoms with E-state index in [-0.39, 0.29) is 24.5 Å². The van der Waals surface area contributed by atoms with Crippen molar-refractivity contribution in [1.29, 1.82) is 5.26 Å². The van der Waals surface area contributed by atoms with E-state index in [9.17, 15) is 10.1 Å². The zero-order valence-electron chi connectivity index (χ0n) is 27.1. The number of hydrogen-bond acceptors (Lipinski definition) is 11. The van der Waals surface area contributed by atoms with Crippen LogP contribution < -0.4 is 19.9 Å². The first-order chi connectivity index (χ1) is 23.0. The van der Waals surface area contributed by atoms with Crippen molar-refractivity contribution in [2.75, 3.05) is 76.0 Å². The number of nitriles is 1. The second-order valence-corrected chi connectivity index (χ2v) is 12.8.